The summed E-state index contributed by atoms with van der Waals surface area (Å²) in [7, 11) is 0. The number of nitrogens with zero attached hydrogens (tertiary/aromatic N) is 2. The molecule has 21 heavy (non-hydrogen) atoms. The van der Waals surface area contributed by atoms with E-state index in [-0.39, 0.29) is 5.78 Å². The number of anilines is 1. The molecule has 2 aromatic rings. The van der Waals surface area contributed by atoms with Crippen molar-refractivity contribution >= 4 is 34.1 Å². The summed E-state index contributed by atoms with van der Waals surface area (Å²) < 4.78 is 0. The lowest BCUT2D eigenvalue weighted by Crippen LogP contribution is -2.24. The van der Waals surface area contributed by atoms with Gasteiger partial charge >= 0.3 is 0 Å². The van der Waals surface area contributed by atoms with Crippen molar-refractivity contribution in [2.24, 2.45) is 0 Å². The summed E-state index contributed by atoms with van der Waals surface area (Å²) in [5.41, 5.74) is 2.76. The standard InChI is InChI=1S/C16H17ClN3O/c1-10(21)12-9-18-13-7-8-14(17)20-16(13)15(12)19-11-5-3-2-4-6-11/h2,7-9,11H,3-6H2,1H3,(H,18,19). The Kier molecular flexibility index (Phi) is 4.06. The zero-order valence-electron chi connectivity index (χ0n) is 11.9. The molecule has 1 saturated carbocycles. The summed E-state index contributed by atoms with van der Waals surface area (Å²) in [5, 5.41) is 3.91. The van der Waals surface area contributed by atoms with Gasteiger partial charge in [-0.3, -0.25) is 9.78 Å². The van der Waals surface area contributed by atoms with Crippen LogP contribution in [0.1, 0.15) is 43.0 Å². The van der Waals surface area contributed by atoms with Crippen LogP contribution in [0.15, 0.2) is 18.3 Å². The molecule has 0 aliphatic heterocycles. The van der Waals surface area contributed by atoms with Crippen molar-refractivity contribution in [3.8, 4) is 0 Å². The molecule has 1 radical (unpaired) electrons. The predicted molar refractivity (Wildman–Crippen MR) is 84.7 cm³/mol. The first-order valence-corrected chi connectivity index (χ1v) is 7.57. The number of carbonyl (C=O) groups is 1. The summed E-state index contributed by atoms with van der Waals surface area (Å²) in [6.07, 6.45) is 8.28. The van der Waals surface area contributed by atoms with Crippen molar-refractivity contribution in [2.45, 2.75) is 38.6 Å². The maximum absolute atomic E-state index is 11.9. The molecule has 2 aromatic heterocycles. The molecule has 0 unspecified atom stereocenters. The largest absolute Gasteiger partial charge is 0.380 e. The van der Waals surface area contributed by atoms with E-state index in [9.17, 15) is 4.79 Å². The number of Topliss-reactive ketones (excluding diaryl/α,β-unsaturated/α-hetero) is 1. The average molecular weight is 303 g/mol. The highest BCUT2D eigenvalue weighted by Gasteiger charge is 2.19. The molecule has 1 aliphatic carbocycles. The molecule has 109 valence electrons. The number of fused-ring (bicyclic) bond motifs is 1. The Morgan fingerprint density at radius 1 is 1.33 bits per heavy atom. The number of aromatic nitrogens is 2. The maximum Gasteiger partial charge on any atom is 0.163 e. The lowest BCUT2D eigenvalue weighted by molar-refractivity contribution is 0.101. The third-order valence-electron chi connectivity index (χ3n) is 3.85. The summed E-state index contributed by atoms with van der Waals surface area (Å²) in [6, 6.07) is 3.90. The fourth-order valence-electron chi connectivity index (χ4n) is 2.73. The minimum absolute atomic E-state index is 0.0175. The second kappa shape index (κ2) is 5.98. The lowest BCUT2D eigenvalue weighted by atomic mass is 9.95. The third kappa shape index (κ3) is 3.00. The van der Waals surface area contributed by atoms with E-state index in [4.69, 9.17) is 11.6 Å². The van der Waals surface area contributed by atoms with Crippen LogP contribution in [0, 0.1) is 6.42 Å². The molecule has 5 heteroatoms. The van der Waals surface area contributed by atoms with Gasteiger partial charge in [-0.05, 0) is 51.2 Å². The quantitative estimate of drug-likeness (QED) is 0.686. The van der Waals surface area contributed by atoms with E-state index in [1.165, 1.54) is 0 Å². The van der Waals surface area contributed by atoms with E-state index in [2.05, 4.69) is 21.7 Å². The molecule has 0 bridgehead atoms. The molecule has 0 aromatic carbocycles. The number of ketones is 1. The van der Waals surface area contributed by atoms with E-state index >= 15 is 0 Å². The van der Waals surface area contributed by atoms with Crippen molar-refractivity contribution in [3.05, 3.63) is 35.5 Å². The van der Waals surface area contributed by atoms with Gasteiger partial charge in [0.1, 0.15) is 10.7 Å². The number of nitrogens with one attached hydrogen (secondary N) is 1. The molecular formula is C16H17ClN3O. The van der Waals surface area contributed by atoms with Crippen LogP contribution in [0.25, 0.3) is 11.0 Å². The topological polar surface area (TPSA) is 54.9 Å². The molecule has 1 aliphatic rings. The van der Waals surface area contributed by atoms with E-state index < -0.39 is 0 Å². The normalized spacial score (nSPS) is 16.1. The number of carbonyl (C=O) groups excluding carboxylic acids is 1. The fraction of sp³-hybridized carbons (Fsp3) is 0.375. The van der Waals surface area contributed by atoms with Crippen molar-refractivity contribution in [1.82, 2.24) is 9.97 Å². The van der Waals surface area contributed by atoms with Crippen molar-refractivity contribution in [2.75, 3.05) is 5.32 Å². The van der Waals surface area contributed by atoms with Crippen LogP contribution >= 0.6 is 11.6 Å². The Balaban J connectivity index is 2.08. The summed E-state index contributed by atoms with van der Waals surface area (Å²) in [4.78, 5) is 20.6. The van der Waals surface area contributed by atoms with Crippen molar-refractivity contribution < 1.29 is 4.79 Å². The molecule has 3 rings (SSSR count). The summed E-state index contributed by atoms with van der Waals surface area (Å²) in [5.74, 6) is -0.0175. The van der Waals surface area contributed by atoms with Gasteiger partial charge in [0.2, 0.25) is 0 Å². The Hall–Kier alpha value is -1.68. The Morgan fingerprint density at radius 2 is 2.10 bits per heavy atom. The zero-order chi connectivity index (χ0) is 14.8. The predicted octanol–water partition coefficient (Wildman–Crippen LogP) is 4.04. The second-order valence-corrected chi connectivity index (χ2v) is 5.78. The fourth-order valence-corrected chi connectivity index (χ4v) is 2.88. The van der Waals surface area contributed by atoms with E-state index in [1.54, 1.807) is 19.2 Å². The van der Waals surface area contributed by atoms with Crippen LogP contribution in [0.4, 0.5) is 5.69 Å². The number of rotatable bonds is 3. The zero-order valence-corrected chi connectivity index (χ0v) is 12.7. The molecule has 1 fully saturated rings. The van der Waals surface area contributed by atoms with Gasteiger partial charge in [-0.15, -0.1) is 0 Å². The minimum Gasteiger partial charge on any atom is -0.380 e. The molecule has 0 saturated heterocycles. The molecule has 0 spiro atoms. The van der Waals surface area contributed by atoms with Crippen LogP contribution in [0.3, 0.4) is 0 Å². The Labute approximate surface area is 128 Å². The number of hydrogen-bond acceptors (Lipinski definition) is 4. The van der Waals surface area contributed by atoms with Crippen LogP contribution in [-0.4, -0.2) is 21.8 Å². The monoisotopic (exact) mass is 302 g/mol. The van der Waals surface area contributed by atoms with Gasteiger partial charge in [-0.2, -0.15) is 0 Å². The first kappa shape index (κ1) is 14.3. The van der Waals surface area contributed by atoms with E-state index in [0.717, 1.165) is 36.9 Å². The van der Waals surface area contributed by atoms with Gasteiger partial charge < -0.3 is 5.32 Å². The van der Waals surface area contributed by atoms with E-state index in [0.29, 0.717) is 22.3 Å². The van der Waals surface area contributed by atoms with Crippen LogP contribution in [0.2, 0.25) is 5.15 Å². The van der Waals surface area contributed by atoms with Crippen LogP contribution in [0.5, 0.6) is 0 Å². The first-order valence-electron chi connectivity index (χ1n) is 7.19. The van der Waals surface area contributed by atoms with Crippen LogP contribution < -0.4 is 5.32 Å². The minimum atomic E-state index is -0.0175. The number of pyridine rings is 2. The van der Waals surface area contributed by atoms with Gasteiger partial charge in [0.05, 0.1) is 16.8 Å². The molecule has 0 atom stereocenters. The highest BCUT2D eigenvalue weighted by Crippen LogP contribution is 2.29. The summed E-state index contributed by atoms with van der Waals surface area (Å²) >= 11 is 6.01. The molecule has 4 nitrogen and oxygen atoms in total. The first-order chi connectivity index (χ1) is 10.1. The highest BCUT2D eigenvalue weighted by molar-refractivity contribution is 6.30. The smallest absolute Gasteiger partial charge is 0.163 e. The van der Waals surface area contributed by atoms with Crippen molar-refractivity contribution in [3.63, 3.8) is 0 Å². The average Bonchev–Trinajstić information content (AvgIpc) is 2.48. The second-order valence-electron chi connectivity index (χ2n) is 5.39. The molecule has 2 heterocycles. The highest BCUT2D eigenvalue weighted by atomic mass is 35.5. The molecule has 1 N–H and O–H groups in total. The van der Waals surface area contributed by atoms with Gasteiger partial charge in [0, 0.05) is 12.2 Å². The lowest BCUT2D eigenvalue weighted by Gasteiger charge is -2.25. The van der Waals surface area contributed by atoms with Crippen LogP contribution in [-0.2, 0) is 0 Å². The van der Waals surface area contributed by atoms with Gasteiger partial charge in [0.15, 0.2) is 5.78 Å². The SMILES string of the molecule is CC(=O)c1cnc2ccc(Cl)nc2c1NC1CC[CH]CC1. The summed E-state index contributed by atoms with van der Waals surface area (Å²) in [6.45, 7) is 1.55. The Bertz CT molecular complexity index is 681. The number of hydrogen-bond donors (Lipinski definition) is 1. The maximum atomic E-state index is 11.9. The van der Waals surface area contributed by atoms with Crippen molar-refractivity contribution in [1.29, 1.82) is 0 Å². The Morgan fingerprint density at radius 3 is 2.81 bits per heavy atom. The van der Waals surface area contributed by atoms with Gasteiger partial charge in [-0.1, -0.05) is 11.6 Å². The number of halogens is 1. The van der Waals surface area contributed by atoms with Gasteiger partial charge in [-0.25, -0.2) is 4.98 Å². The van der Waals surface area contributed by atoms with Gasteiger partial charge in [0.25, 0.3) is 0 Å². The molecule has 0 amide bonds. The third-order valence-corrected chi connectivity index (χ3v) is 4.06. The molecular weight excluding hydrogens is 286 g/mol. The van der Waals surface area contributed by atoms with E-state index in [1.807, 2.05) is 6.07 Å².